The van der Waals surface area contributed by atoms with Crippen molar-refractivity contribution in [2.24, 2.45) is 0 Å². The Labute approximate surface area is 112 Å². The first kappa shape index (κ1) is 13.1. The molecule has 1 aromatic heterocycles. The van der Waals surface area contributed by atoms with Crippen molar-refractivity contribution in [1.82, 2.24) is 9.55 Å². The zero-order valence-corrected chi connectivity index (χ0v) is 11.3. The molecule has 0 bridgehead atoms. The first-order chi connectivity index (χ1) is 9.04. The van der Waals surface area contributed by atoms with Crippen molar-refractivity contribution >= 4 is 11.7 Å². The van der Waals surface area contributed by atoms with Gasteiger partial charge in [0.25, 0.3) is 0 Å². The van der Waals surface area contributed by atoms with Crippen LogP contribution in [0.5, 0.6) is 0 Å². The zero-order chi connectivity index (χ0) is 14.0. The molecule has 0 atom stereocenters. The highest BCUT2D eigenvalue weighted by atomic mass is 16.5. The number of carbonyl (C=O) groups is 1. The number of aromatic nitrogens is 2. The van der Waals surface area contributed by atoms with Crippen LogP contribution in [0.4, 0.5) is 5.69 Å². The standard InChI is InChI=1S/C14H17N3O2/c1-4-19-14(18)12-7-11(15)5-6-13(12)17-8-16-9(2)10(17)3/h5-8H,4,15H2,1-3H3. The average Bonchev–Trinajstić information content (AvgIpc) is 2.70. The molecule has 2 rings (SSSR count). The van der Waals surface area contributed by atoms with Gasteiger partial charge in [0.2, 0.25) is 0 Å². The minimum atomic E-state index is -0.379. The first-order valence-corrected chi connectivity index (χ1v) is 6.12. The van der Waals surface area contributed by atoms with E-state index in [0.29, 0.717) is 17.9 Å². The van der Waals surface area contributed by atoms with Gasteiger partial charge < -0.3 is 15.0 Å². The second kappa shape index (κ2) is 5.14. The van der Waals surface area contributed by atoms with Gasteiger partial charge in [-0.05, 0) is 39.0 Å². The molecule has 5 heteroatoms. The van der Waals surface area contributed by atoms with Crippen molar-refractivity contribution in [3.63, 3.8) is 0 Å². The van der Waals surface area contributed by atoms with Gasteiger partial charge in [-0.3, -0.25) is 0 Å². The lowest BCUT2D eigenvalue weighted by Gasteiger charge is -2.12. The highest BCUT2D eigenvalue weighted by Gasteiger charge is 2.16. The van der Waals surface area contributed by atoms with Gasteiger partial charge in [-0.25, -0.2) is 9.78 Å². The van der Waals surface area contributed by atoms with Gasteiger partial charge in [0.1, 0.15) is 0 Å². The molecule has 0 radical (unpaired) electrons. The fourth-order valence-corrected chi connectivity index (χ4v) is 1.88. The number of ether oxygens (including phenoxy) is 1. The van der Waals surface area contributed by atoms with E-state index in [1.54, 1.807) is 31.5 Å². The van der Waals surface area contributed by atoms with Crippen LogP contribution >= 0.6 is 0 Å². The van der Waals surface area contributed by atoms with Crippen LogP contribution in [0.25, 0.3) is 5.69 Å². The molecule has 0 spiro atoms. The van der Waals surface area contributed by atoms with E-state index in [1.165, 1.54) is 0 Å². The van der Waals surface area contributed by atoms with Gasteiger partial charge in [-0.2, -0.15) is 0 Å². The van der Waals surface area contributed by atoms with Crippen molar-refractivity contribution in [3.05, 3.63) is 41.5 Å². The SMILES string of the molecule is CCOC(=O)c1cc(N)ccc1-n1cnc(C)c1C. The minimum absolute atomic E-state index is 0.328. The van der Waals surface area contributed by atoms with E-state index >= 15 is 0 Å². The van der Waals surface area contributed by atoms with E-state index in [4.69, 9.17) is 10.5 Å². The number of imidazole rings is 1. The molecule has 1 heterocycles. The summed E-state index contributed by atoms with van der Waals surface area (Å²) in [5, 5.41) is 0. The maximum absolute atomic E-state index is 12.0. The quantitative estimate of drug-likeness (QED) is 0.678. The smallest absolute Gasteiger partial charge is 0.340 e. The monoisotopic (exact) mass is 259 g/mol. The maximum Gasteiger partial charge on any atom is 0.340 e. The summed E-state index contributed by atoms with van der Waals surface area (Å²) in [4.78, 5) is 16.2. The Morgan fingerprint density at radius 3 is 2.74 bits per heavy atom. The summed E-state index contributed by atoms with van der Waals surface area (Å²) < 4.78 is 6.93. The van der Waals surface area contributed by atoms with Gasteiger partial charge in [0.05, 0.1) is 29.9 Å². The third kappa shape index (κ3) is 2.45. The van der Waals surface area contributed by atoms with Gasteiger partial charge >= 0.3 is 5.97 Å². The average molecular weight is 259 g/mol. The minimum Gasteiger partial charge on any atom is -0.462 e. The lowest BCUT2D eigenvalue weighted by Crippen LogP contribution is -2.10. The molecule has 0 saturated heterocycles. The molecule has 0 aliphatic carbocycles. The number of nitrogen functional groups attached to an aromatic ring is 1. The van der Waals surface area contributed by atoms with Gasteiger partial charge in [-0.15, -0.1) is 0 Å². The summed E-state index contributed by atoms with van der Waals surface area (Å²) >= 11 is 0. The van der Waals surface area contributed by atoms with Crippen molar-refractivity contribution < 1.29 is 9.53 Å². The zero-order valence-electron chi connectivity index (χ0n) is 11.3. The highest BCUT2D eigenvalue weighted by molar-refractivity contribution is 5.94. The Morgan fingerprint density at radius 2 is 2.16 bits per heavy atom. The Kier molecular flexibility index (Phi) is 3.55. The summed E-state index contributed by atoms with van der Waals surface area (Å²) in [5.74, 6) is -0.379. The number of anilines is 1. The number of aryl methyl sites for hydroxylation is 1. The number of nitrogens with two attached hydrogens (primary N) is 1. The number of hydrogen-bond donors (Lipinski definition) is 1. The predicted octanol–water partition coefficient (Wildman–Crippen LogP) is 2.25. The lowest BCUT2D eigenvalue weighted by molar-refractivity contribution is 0.0526. The summed E-state index contributed by atoms with van der Waals surface area (Å²) in [6, 6.07) is 5.19. The van der Waals surface area contributed by atoms with Crippen molar-refractivity contribution in [3.8, 4) is 5.69 Å². The molecular formula is C14H17N3O2. The summed E-state index contributed by atoms with van der Waals surface area (Å²) in [5.41, 5.74) is 9.36. The summed E-state index contributed by atoms with van der Waals surface area (Å²) in [6.45, 7) is 5.98. The molecular weight excluding hydrogens is 242 g/mol. The number of hydrogen-bond acceptors (Lipinski definition) is 4. The molecule has 0 aliphatic rings. The second-order valence-corrected chi connectivity index (χ2v) is 4.28. The summed E-state index contributed by atoms with van der Waals surface area (Å²) in [7, 11) is 0. The molecule has 0 aliphatic heterocycles. The lowest BCUT2D eigenvalue weighted by atomic mass is 10.1. The third-order valence-electron chi connectivity index (χ3n) is 3.03. The van der Waals surface area contributed by atoms with E-state index in [1.807, 2.05) is 18.4 Å². The Bertz CT molecular complexity index is 617. The molecule has 19 heavy (non-hydrogen) atoms. The predicted molar refractivity (Wildman–Crippen MR) is 73.4 cm³/mol. The van der Waals surface area contributed by atoms with Crippen LogP contribution in [0.1, 0.15) is 28.7 Å². The van der Waals surface area contributed by atoms with Crippen LogP contribution < -0.4 is 5.73 Å². The van der Waals surface area contributed by atoms with Crippen LogP contribution in [0.2, 0.25) is 0 Å². The molecule has 2 aromatic rings. The fraction of sp³-hybridized carbons (Fsp3) is 0.286. The normalized spacial score (nSPS) is 10.5. The van der Waals surface area contributed by atoms with E-state index in [-0.39, 0.29) is 5.97 Å². The molecule has 100 valence electrons. The number of esters is 1. The van der Waals surface area contributed by atoms with E-state index in [0.717, 1.165) is 17.1 Å². The van der Waals surface area contributed by atoms with Crippen LogP contribution in [-0.4, -0.2) is 22.1 Å². The number of benzene rings is 1. The topological polar surface area (TPSA) is 70.1 Å². The second-order valence-electron chi connectivity index (χ2n) is 4.28. The molecule has 0 amide bonds. The fourth-order valence-electron chi connectivity index (χ4n) is 1.88. The van der Waals surface area contributed by atoms with E-state index in [2.05, 4.69) is 4.98 Å². The van der Waals surface area contributed by atoms with Gasteiger partial charge in [0, 0.05) is 11.4 Å². The highest BCUT2D eigenvalue weighted by Crippen LogP contribution is 2.21. The van der Waals surface area contributed by atoms with E-state index in [9.17, 15) is 4.79 Å². The van der Waals surface area contributed by atoms with Crippen molar-refractivity contribution in [1.29, 1.82) is 0 Å². The molecule has 0 fully saturated rings. The first-order valence-electron chi connectivity index (χ1n) is 6.12. The molecule has 0 saturated carbocycles. The molecule has 1 aromatic carbocycles. The van der Waals surface area contributed by atoms with Crippen LogP contribution in [0, 0.1) is 13.8 Å². The Morgan fingerprint density at radius 1 is 1.42 bits per heavy atom. The Balaban J connectivity index is 2.57. The number of rotatable bonds is 3. The summed E-state index contributed by atoms with van der Waals surface area (Å²) in [6.07, 6.45) is 1.69. The van der Waals surface area contributed by atoms with Crippen molar-refractivity contribution in [2.75, 3.05) is 12.3 Å². The Hall–Kier alpha value is -2.30. The van der Waals surface area contributed by atoms with Crippen molar-refractivity contribution in [2.45, 2.75) is 20.8 Å². The van der Waals surface area contributed by atoms with Crippen LogP contribution in [0.15, 0.2) is 24.5 Å². The number of carbonyl (C=O) groups excluding carboxylic acids is 1. The van der Waals surface area contributed by atoms with E-state index < -0.39 is 0 Å². The largest absolute Gasteiger partial charge is 0.462 e. The molecule has 2 N–H and O–H groups in total. The number of nitrogens with zero attached hydrogens (tertiary/aromatic N) is 2. The maximum atomic E-state index is 12.0. The van der Waals surface area contributed by atoms with Crippen LogP contribution in [-0.2, 0) is 4.74 Å². The van der Waals surface area contributed by atoms with Crippen LogP contribution in [0.3, 0.4) is 0 Å². The van der Waals surface area contributed by atoms with Gasteiger partial charge in [0.15, 0.2) is 0 Å². The van der Waals surface area contributed by atoms with Gasteiger partial charge in [-0.1, -0.05) is 0 Å². The third-order valence-corrected chi connectivity index (χ3v) is 3.03. The molecule has 5 nitrogen and oxygen atoms in total. The molecule has 0 unspecified atom stereocenters.